The highest BCUT2D eigenvalue weighted by atomic mass is 32.1. The zero-order valence-electron chi connectivity index (χ0n) is 15.3. The van der Waals surface area contributed by atoms with Crippen LogP contribution in [0.5, 0.6) is 5.75 Å². The van der Waals surface area contributed by atoms with E-state index in [-0.39, 0.29) is 0 Å². The smallest absolute Gasteiger partial charge is 0.173 e. The van der Waals surface area contributed by atoms with Crippen LogP contribution < -0.4 is 15.0 Å². The van der Waals surface area contributed by atoms with E-state index in [9.17, 15) is 0 Å². The molecule has 4 rings (SSSR count). The van der Waals surface area contributed by atoms with Crippen molar-refractivity contribution in [1.82, 2.24) is 9.88 Å². The second kappa shape index (κ2) is 8.21. The number of benzene rings is 2. The first-order valence-electron chi connectivity index (χ1n) is 9.09. The minimum Gasteiger partial charge on any atom is -0.497 e. The maximum Gasteiger partial charge on any atom is 0.173 e. The quantitative estimate of drug-likeness (QED) is 0.660. The van der Waals surface area contributed by atoms with E-state index in [0.29, 0.717) is 0 Å². The lowest BCUT2D eigenvalue weighted by Crippen LogP contribution is -3.13. The molecule has 2 heterocycles. The molecule has 0 aliphatic carbocycles. The number of piperazine rings is 1. The number of fused-ring (bicyclic) bond motifs is 1. The molecule has 2 N–H and O–H groups in total. The summed E-state index contributed by atoms with van der Waals surface area (Å²) in [7, 11) is 1.67. The number of thiocarbonyl (C=S) groups is 1. The maximum absolute atomic E-state index is 5.60. The van der Waals surface area contributed by atoms with Crippen molar-refractivity contribution in [2.24, 2.45) is 0 Å². The molecule has 1 aromatic heterocycles. The second-order valence-corrected chi connectivity index (χ2v) is 8.15. The Morgan fingerprint density at radius 2 is 2.04 bits per heavy atom. The van der Waals surface area contributed by atoms with Gasteiger partial charge in [0.25, 0.3) is 0 Å². The molecule has 1 aliphatic heterocycles. The summed E-state index contributed by atoms with van der Waals surface area (Å²) in [5.74, 6) is 0.827. The fourth-order valence-electron chi connectivity index (χ4n) is 3.32. The number of thiazole rings is 1. The minimum atomic E-state index is 0.780. The van der Waals surface area contributed by atoms with Crippen molar-refractivity contribution >= 4 is 44.6 Å². The first-order valence-corrected chi connectivity index (χ1v) is 10.3. The topological polar surface area (TPSA) is 41.8 Å². The van der Waals surface area contributed by atoms with Crippen LogP contribution >= 0.6 is 23.6 Å². The summed E-state index contributed by atoms with van der Waals surface area (Å²) in [5.41, 5.74) is 2.07. The summed E-state index contributed by atoms with van der Waals surface area (Å²) in [6.07, 6.45) is 0. The van der Waals surface area contributed by atoms with Gasteiger partial charge in [-0.25, -0.2) is 4.98 Å². The fraction of sp³-hybridized carbons (Fsp3) is 0.300. The molecular weight excluding hydrogens is 376 g/mol. The molecule has 27 heavy (non-hydrogen) atoms. The molecule has 0 bridgehead atoms. The van der Waals surface area contributed by atoms with Gasteiger partial charge in [-0.3, -0.25) is 0 Å². The van der Waals surface area contributed by atoms with Gasteiger partial charge in [0.15, 0.2) is 5.11 Å². The van der Waals surface area contributed by atoms with Gasteiger partial charge in [0.05, 0.1) is 43.5 Å². The van der Waals surface area contributed by atoms with Crippen molar-refractivity contribution in [2.75, 3.05) is 38.6 Å². The molecule has 2 aromatic carbocycles. The van der Waals surface area contributed by atoms with Crippen LogP contribution in [0.2, 0.25) is 0 Å². The number of hydrogen-bond donors (Lipinski definition) is 2. The fourth-order valence-corrected chi connectivity index (χ4v) is 4.66. The van der Waals surface area contributed by atoms with Gasteiger partial charge in [-0.05, 0) is 36.5 Å². The summed E-state index contributed by atoms with van der Waals surface area (Å²) in [6, 6.07) is 16.2. The molecule has 3 aromatic rings. The number of methoxy groups -OCH3 is 1. The average Bonchev–Trinajstić information content (AvgIpc) is 3.11. The maximum atomic E-state index is 5.60. The van der Waals surface area contributed by atoms with Crippen molar-refractivity contribution < 1.29 is 9.64 Å². The average molecular weight is 400 g/mol. The van der Waals surface area contributed by atoms with E-state index in [4.69, 9.17) is 21.9 Å². The molecule has 1 fully saturated rings. The van der Waals surface area contributed by atoms with E-state index in [1.165, 1.54) is 9.71 Å². The van der Waals surface area contributed by atoms with Crippen LogP contribution in [0.3, 0.4) is 0 Å². The standard InChI is InChI=1S/C20H22N4OS2/c1-25-16-6-4-5-15(13-16)21-20(26)24-11-9-23(10-12-24)14-19-22-17-7-2-3-8-18(17)27-19/h2-8,13H,9-12,14H2,1H3,(H,21,26)/p+1. The number of aromatic nitrogens is 1. The van der Waals surface area contributed by atoms with E-state index < -0.39 is 0 Å². The summed E-state index contributed by atoms with van der Waals surface area (Å²) < 4.78 is 6.54. The van der Waals surface area contributed by atoms with E-state index in [2.05, 4.69) is 28.4 Å². The molecule has 1 aliphatic rings. The molecule has 0 atom stereocenters. The molecule has 0 radical (unpaired) electrons. The number of anilines is 1. The summed E-state index contributed by atoms with van der Waals surface area (Å²) in [5, 5.41) is 5.33. The van der Waals surface area contributed by atoms with Gasteiger partial charge in [-0.1, -0.05) is 18.2 Å². The van der Waals surface area contributed by atoms with Crippen LogP contribution in [-0.4, -0.2) is 48.3 Å². The Labute approximate surface area is 168 Å². The van der Waals surface area contributed by atoms with Gasteiger partial charge < -0.3 is 19.9 Å². The van der Waals surface area contributed by atoms with Gasteiger partial charge in [0, 0.05) is 11.8 Å². The van der Waals surface area contributed by atoms with Gasteiger partial charge >= 0.3 is 0 Å². The molecular formula is C20H23N4OS2+. The summed E-state index contributed by atoms with van der Waals surface area (Å²) in [4.78, 5) is 8.58. The monoisotopic (exact) mass is 399 g/mol. The van der Waals surface area contributed by atoms with Crippen molar-refractivity contribution in [3.63, 3.8) is 0 Å². The first-order chi connectivity index (χ1) is 13.2. The van der Waals surface area contributed by atoms with Crippen molar-refractivity contribution in [2.45, 2.75) is 6.54 Å². The minimum absolute atomic E-state index is 0.780. The molecule has 140 valence electrons. The molecule has 0 unspecified atom stereocenters. The third-order valence-electron chi connectivity index (χ3n) is 4.82. The van der Waals surface area contributed by atoms with E-state index in [0.717, 1.165) is 54.8 Å². The van der Waals surface area contributed by atoms with Crippen LogP contribution in [-0.2, 0) is 6.54 Å². The number of rotatable bonds is 4. The predicted molar refractivity (Wildman–Crippen MR) is 115 cm³/mol. The van der Waals surface area contributed by atoms with Gasteiger partial charge in [-0.15, -0.1) is 11.3 Å². The highest BCUT2D eigenvalue weighted by Crippen LogP contribution is 2.21. The van der Waals surface area contributed by atoms with E-state index >= 15 is 0 Å². The van der Waals surface area contributed by atoms with E-state index in [1.54, 1.807) is 12.0 Å². The lowest BCUT2D eigenvalue weighted by Gasteiger charge is -2.33. The molecule has 0 spiro atoms. The summed E-state index contributed by atoms with van der Waals surface area (Å²) in [6.45, 7) is 5.03. The first kappa shape index (κ1) is 18.2. The number of hydrogen-bond acceptors (Lipinski definition) is 4. The van der Waals surface area contributed by atoms with Crippen LogP contribution in [0.4, 0.5) is 5.69 Å². The predicted octanol–water partition coefficient (Wildman–Crippen LogP) is 2.40. The third kappa shape index (κ3) is 4.37. The Morgan fingerprint density at radius 3 is 2.81 bits per heavy atom. The van der Waals surface area contributed by atoms with E-state index in [1.807, 2.05) is 41.7 Å². The largest absolute Gasteiger partial charge is 0.497 e. The molecule has 1 saturated heterocycles. The zero-order chi connectivity index (χ0) is 18.6. The van der Waals surface area contributed by atoms with Gasteiger partial charge in [-0.2, -0.15) is 0 Å². The molecule has 0 amide bonds. The Kier molecular flexibility index (Phi) is 5.52. The number of ether oxygens (including phenoxy) is 1. The van der Waals surface area contributed by atoms with Gasteiger partial charge in [0.2, 0.25) is 0 Å². The Hall–Kier alpha value is -2.22. The Morgan fingerprint density at radius 1 is 1.22 bits per heavy atom. The molecule has 5 nitrogen and oxygen atoms in total. The zero-order valence-corrected chi connectivity index (χ0v) is 16.9. The summed E-state index contributed by atoms with van der Waals surface area (Å²) >= 11 is 7.41. The lowest BCUT2D eigenvalue weighted by atomic mass is 10.3. The number of nitrogens with zero attached hydrogens (tertiary/aromatic N) is 2. The van der Waals surface area contributed by atoms with Crippen molar-refractivity contribution in [3.8, 4) is 5.75 Å². The second-order valence-electron chi connectivity index (χ2n) is 6.65. The molecule has 0 saturated carbocycles. The highest BCUT2D eigenvalue weighted by Gasteiger charge is 2.23. The van der Waals surface area contributed by atoms with Crippen molar-refractivity contribution in [1.29, 1.82) is 0 Å². The van der Waals surface area contributed by atoms with Crippen LogP contribution in [0, 0.1) is 0 Å². The number of nitrogens with one attached hydrogen (secondary N) is 2. The number of para-hydroxylation sites is 1. The lowest BCUT2D eigenvalue weighted by molar-refractivity contribution is -0.917. The molecule has 7 heteroatoms. The van der Waals surface area contributed by atoms with Gasteiger partial charge in [0.1, 0.15) is 17.3 Å². The normalized spacial score (nSPS) is 15.1. The van der Waals surface area contributed by atoms with Crippen LogP contribution in [0.1, 0.15) is 5.01 Å². The van der Waals surface area contributed by atoms with Crippen LogP contribution in [0.25, 0.3) is 10.2 Å². The van der Waals surface area contributed by atoms with Crippen molar-refractivity contribution in [3.05, 3.63) is 53.5 Å². The highest BCUT2D eigenvalue weighted by molar-refractivity contribution is 7.80. The SMILES string of the molecule is COc1cccc(NC(=S)N2CC[NH+](Cc3nc4ccccc4s3)CC2)c1. The Bertz CT molecular complexity index is 901. The Balaban J connectivity index is 1.30. The third-order valence-corrected chi connectivity index (χ3v) is 6.21. The van der Waals surface area contributed by atoms with Crippen LogP contribution in [0.15, 0.2) is 48.5 Å². The number of quaternary nitrogens is 1.